The summed E-state index contributed by atoms with van der Waals surface area (Å²) in [6.07, 6.45) is 2.53. The average molecular weight is 199 g/mol. The van der Waals surface area contributed by atoms with Gasteiger partial charge in [-0.2, -0.15) is 10.4 Å². The molecule has 2 rings (SSSR count). The van der Waals surface area contributed by atoms with E-state index in [1.165, 1.54) is 5.01 Å². The predicted molar refractivity (Wildman–Crippen MR) is 55.3 cm³/mol. The topological polar surface area (TPSA) is 56.5 Å². The molecule has 15 heavy (non-hydrogen) atoms. The zero-order valence-corrected chi connectivity index (χ0v) is 8.05. The Kier molecular flexibility index (Phi) is 2.46. The Morgan fingerprint density at radius 3 is 2.67 bits per heavy atom. The Morgan fingerprint density at radius 2 is 2.13 bits per heavy atom. The molecule has 0 fully saturated rings. The first kappa shape index (κ1) is 9.41. The summed E-state index contributed by atoms with van der Waals surface area (Å²) < 4.78 is 0. The van der Waals surface area contributed by atoms with Crippen molar-refractivity contribution in [2.45, 2.75) is 6.42 Å². The van der Waals surface area contributed by atoms with E-state index in [2.05, 4.69) is 5.10 Å². The molecule has 1 aliphatic rings. The molecule has 0 N–H and O–H groups in total. The quantitative estimate of drug-likeness (QED) is 0.686. The minimum Gasteiger partial charge on any atom is -0.267 e. The van der Waals surface area contributed by atoms with Gasteiger partial charge in [0, 0.05) is 24.7 Å². The Hall–Kier alpha value is -2.15. The molecule has 0 radical (unpaired) electrons. The lowest BCUT2D eigenvalue weighted by molar-refractivity contribution is 0.0778. The zero-order chi connectivity index (χ0) is 10.7. The summed E-state index contributed by atoms with van der Waals surface area (Å²) in [6, 6.07) is 8.57. The lowest BCUT2D eigenvalue weighted by atomic mass is 10.1. The number of hydrogen-bond donors (Lipinski definition) is 0. The summed E-state index contributed by atoms with van der Waals surface area (Å²) >= 11 is 0. The first-order chi connectivity index (χ1) is 7.31. The van der Waals surface area contributed by atoms with Crippen LogP contribution in [0.2, 0.25) is 0 Å². The normalized spacial score (nSPS) is 13.9. The summed E-state index contributed by atoms with van der Waals surface area (Å²) in [7, 11) is 0. The average Bonchev–Trinajstić information content (AvgIpc) is 2.82. The van der Waals surface area contributed by atoms with Gasteiger partial charge in [0.2, 0.25) is 0 Å². The van der Waals surface area contributed by atoms with Crippen LogP contribution in [0.3, 0.4) is 0 Å². The molecule has 0 bridgehead atoms. The monoisotopic (exact) mass is 199 g/mol. The smallest absolute Gasteiger partial charge is 0.267 e. The van der Waals surface area contributed by atoms with E-state index in [-0.39, 0.29) is 5.91 Å². The molecule has 0 aromatic heterocycles. The highest BCUT2D eigenvalue weighted by atomic mass is 16.2. The molecule has 4 heteroatoms. The van der Waals surface area contributed by atoms with Crippen LogP contribution in [0.25, 0.3) is 0 Å². The van der Waals surface area contributed by atoms with Gasteiger partial charge in [-0.1, -0.05) is 0 Å². The van der Waals surface area contributed by atoms with E-state index in [0.29, 0.717) is 17.7 Å². The van der Waals surface area contributed by atoms with E-state index >= 15 is 0 Å². The Labute approximate surface area is 87.4 Å². The van der Waals surface area contributed by atoms with E-state index in [1.807, 2.05) is 6.07 Å². The number of carbonyl (C=O) groups is 1. The number of rotatable bonds is 1. The highest BCUT2D eigenvalue weighted by Crippen LogP contribution is 2.10. The van der Waals surface area contributed by atoms with Crippen LogP contribution in [-0.2, 0) is 0 Å². The van der Waals surface area contributed by atoms with Gasteiger partial charge in [-0.3, -0.25) is 4.79 Å². The molecular formula is C11H9N3O. The molecular weight excluding hydrogens is 190 g/mol. The van der Waals surface area contributed by atoms with Crippen molar-refractivity contribution in [2.24, 2.45) is 5.10 Å². The second kappa shape index (κ2) is 3.93. The van der Waals surface area contributed by atoms with Crippen molar-refractivity contribution in [1.82, 2.24) is 5.01 Å². The van der Waals surface area contributed by atoms with E-state index in [4.69, 9.17) is 5.26 Å². The third-order valence-electron chi connectivity index (χ3n) is 2.19. The van der Waals surface area contributed by atoms with Gasteiger partial charge in [0.05, 0.1) is 11.6 Å². The number of amides is 1. The zero-order valence-electron chi connectivity index (χ0n) is 8.05. The van der Waals surface area contributed by atoms with E-state index in [1.54, 1.807) is 30.5 Å². The molecule has 0 aliphatic carbocycles. The van der Waals surface area contributed by atoms with E-state index in [0.717, 1.165) is 6.42 Å². The molecule has 1 aliphatic heterocycles. The van der Waals surface area contributed by atoms with E-state index in [9.17, 15) is 4.79 Å². The Bertz CT molecular complexity index is 442. The third kappa shape index (κ3) is 1.86. The first-order valence-corrected chi connectivity index (χ1v) is 4.66. The van der Waals surface area contributed by atoms with Crippen molar-refractivity contribution < 1.29 is 4.79 Å². The van der Waals surface area contributed by atoms with Gasteiger partial charge in [-0.05, 0) is 24.3 Å². The fourth-order valence-electron chi connectivity index (χ4n) is 1.38. The second-order valence-electron chi connectivity index (χ2n) is 3.20. The van der Waals surface area contributed by atoms with Crippen LogP contribution < -0.4 is 0 Å². The van der Waals surface area contributed by atoms with Gasteiger partial charge in [0.15, 0.2) is 0 Å². The fourth-order valence-corrected chi connectivity index (χ4v) is 1.38. The maximum atomic E-state index is 11.8. The van der Waals surface area contributed by atoms with Crippen LogP contribution in [0, 0.1) is 11.3 Å². The molecule has 0 atom stereocenters. The van der Waals surface area contributed by atoms with Crippen molar-refractivity contribution >= 4 is 12.1 Å². The van der Waals surface area contributed by atoms with Crippen LogP contribution in [-0.4, -0.2) is 23.7 Å². The van der Waals surface area contributed by atoms with Crippen LogP contribution >= 0.6 is 0 Å². The third-order valence-corrected chi connectivity index (χ3v) is 2.19. The lowest BCUT2D eigenvalue weighted by Crippen LogP contribution is -2.23. The number of hydrogen-bond acceptors (Lipinski definition) is 3. The summed E-state index contributed by atoms with van der Waals surface area (Å²) in [5.74, 6) is -0.117. The number of carbonyl (C=O) groups excluding carboxylic acids is 1. The Morgan fingerprint density at radius 1 is 1.40 bits per heavy atom. The van der Waals surface area contributed by atoms with Gasteiger partial charge in [0.1, 0.15) is 0 Å². The minimum absolute atomic E-state index is 0.117. The highest BCUT2D eigenvalue weighted by Gasteiger charge is 2.16. The molecule has 1 aromatic rings. The summed E-state index contributed by atoms with van der Waals surface area (Å²) in [5.41, 5.74) is 1.12. The summed E-state index contributed by atoms with van der Waals surface area (Å²) in [4.78, 5) is 11.8. The number of nitrogens with zero attached hydrogens (tertiary/aromatic N) is 3. The van der Waals surface area contributed by atoms with Gasteiger partial charge in [0.25, 0.3) is 5.91 Å². The maximum absolute atomic E-state index is 11.8. The van der Waals surface area contributed by atoms with Gasteiger partial charge in [-0.25, -0.2) is 5.01 Å². The molecule has 0 saturated heterocycles. The number of nitriles is 1. The molecule has 0 unspecified atom stereocenters. The number of hydrazone groups is 1. The number of benzene rings is 1. The molecule has 0 spiro atoms. The van der Waals surface area contributed by atoms with Crippen molar-refractivity contribution in [3.63, 3.8) is 0 Å². The molecule has 74 valence electrons. The second-order valence-corrected chi connectivity index (χ2v) is 3.20. The fraction of sp³-hybridized carbons (Fsp3) is 0.182. The molecule has 1 aromatic carbocycles. The summed E-state index contributed by atoms with van der Waals surface area (Å²) in [5, 5.41) is 14.0. The van der Waals surface area contributed by atoms with Gasteiger partial charge in [-0.15, -0.1) is 0 Å². The van der Waals surface area contributed by atoms with Crippen molar-refractivity contribution in [3.8, 4) is 6.07 Å². The molecule has 0 saturated carbocycles. The molecule has 4 nitrogen and oxygen atoms in total. The van der Waals surface area contributed by atoms with Crippen molar-refractivity contribution in [3.05, 3.63) is 35.4 Å². The highest BCUT2D eigenvalue weighted by molar-refractivity contribution is 5.95. The van der Waals surface area contributed by atoms with Gasteiger partial charge < -0.3 is 0 Å². The SMILES string of the molecule is N#Cc1ccc(C(=O)N2CCC=N2)cc1. The van der Waals surface area contributed by atoms with Crippen LogP contribution in [0.15, 0.2) is 29.4 Å². The Balaban J connectivity index is 2.19. The van der Waals surface area contributed by atoms with Crippen LogP contribution in [0.5, 0.6) is 0 Å². The standard InChI is InChI=1S/C11H9N3O/c12-8-9-2-4-10(5-3-9)11(15)14-7-1-6-13-14/h2-6H,1,7H2. The van der Waals surface area contributed by atoms with Crippen LogP contribution in [0.1, 0.15) is 22.3 Å². The van der Waals surface area contributed by atoms with Crippen molar-refractivity contribution in [1.29, 1.82) is 5.26 Å². The first-order valence-electron chi connectivity index (χ1n) is 4.66. The largest absolute Gasteiger partial charge is 0.273 e. The lowest BCUT2D eigenvalue weighted by Gasteiger charge is -2.10. The van der Waals surface area contributed by atoms with E-state index < -0.39 is 0 Å². The maximum Gasteiger partial charge on any atom is 0.273 e. The van der Waals surface area contributed by atoms with Crippen LogP contribution in [0.4, 0.5) is 0 Å². The molecule has 1 heterocycles. The summed E-state index contributed by atoms with van der Waals surface area (Å²) in [6.45, 7) is 0.638. The predicted octanol–water partition coefficient (Wildman–Crippen LogP) is 1.39. The van der Waals surface area contributed by atoms with Gasteiger partial charge >= 0.3 is 0 Å². The van der Waals surface area contributed by atoms with Crippen molar-refractivity contribution in [2.75, 3.05) is 6.54 Å². The molecule has 1 amide bonds. The minimum atomic E-state index is -0.117.